The van der Waals surface area contributed by atoms with Gasteiger partial charge in [-0.05, 0) is 54.3 Å². The Morgan fingerprint density at radius 3 is 2.67 bits per heavy atom. The molecule has 0 saturated carbocycles. The number of aromatic carboxylic acids is 1. The zero-order valence-corrected chi connectivity index (χ0v) is 13.3. The molecule has 1 heterocycles. The van der Waals surface area contributed by atoms with Gasteiger partial charge in [-0.3, -0.25) is 4.79 Å². The van der Waals surface area contributed by atoms with E-state index in [-0.39, 0.29) is 17.3 Å². The molecule has 0 aliphatic carbocycles. The molecule has 0 saturated heterocycles. The van der Waals surface area contributed by atoms with Crippen molar-refractivity contribution < 1.29 is 19.1 Å². The van der Waals surface area contributed by atoms with Crippen LogP contribution < -0.4 is 0 Å². The molecule has 1 amide bonds. The predicted octanol–water partition coefficient (Wildman–Crippen LogP) is 3.21. The van der Waals surface area contributed by atoms with Gasteiger partial charge in [-0.2, -0.15) is 0 Å². The monoisotopic (exact) mass is 327 g/mol. The fourth-order valence-corrected chi connectivity index (χ4v) is 3.07. The second-order valence-corrected chi connectivity index (χ2v) is 6.08. The predicted molar refractivity (Wildman–Crippen MR) is 87.3 cm³/mol. The Morgan fingerprint density at radius 1 is 1.17 bits per heavy atom. The van der Waals surface area contributed by atoms with Crippen LogP contribution >= 0.6 is 0 Å². The molecule has 0 bridgehead atoms. The second-order valence-electron chi connectivity index (χ2n) is 6.08. The van der Waals surface area contributed by atoms with Gasteiger partial charge < -0.3 is 10.0 Å². The molecule has 1 aliphatic rings. The number of benzene rings is 2. The minimum Gasteiger partial charge on any atom is -0.478 e. The van der Waals surface area contributed by atoms with Crippen LogP contribution in [0.4, 0.5) is 4.39 Å². The normalized spacial score (nSPS) is 14.8. The molecule has 124 valence electrons. The topological polar surface area (TPSA) is 57.6 Å². The van der Waals surface area contributed by atoms with Crippen LogP contribution in [0.1, 0.15) is 39.9 Å². The van der Waals surface area contributed by atoms with E-state index in [1.54, 1.807) is 36.1 Å². The third-order valence-electron chi connectivity index (χ3n) is 4.50. The lowest BCUT2D eigenvalue weighted by molar-refractivity contribution is -0.133. The Bertz CT molecular complexity index is 803. The van der Waals surface area contributed by atoms with Gasteiger partial charge in [0, 0.05) is 13.1 Å². The highest BCUT2D eigenvalue weighted by Gasteiger charge is 2.26. The molecule has 0 spiro atoms. The molecule has 0 radical (unpaired) electrons. The SMILES string of the molecule is CC(C(=O)N1CCc2ccc(C(=O)O)cc2C1)c1cccc(F)c1. The lowest BCUT2D eigenvalue weighted by Gasteiger charge is -2.31. The summed E-state index contributed by atoms with van der Waals surface area (Å²) in [5, 5.41) is 9.11. The van der Waals surface area contributed by atoms with E-state index in [1.165, 1.54) is 12.1 Å². The minimum atomic E-state index is -0.977. The Labute approximate surface area is 139 Å². The van der Waals surface area contributed by atoms with E-state index in [1.807, 2.05) is 6.07 Å². The number of rotatable bonds is 3. The first-order valence-electron chi connectivity index (χ1n) is 7.85. The smallest absolute Gasteiger partial charge is 0.335 e. The fourth-order valence-electron chi connectivity index (χ4n) is 3.07. The third-order valence-corrected chi connectivity index (χ3v) is 4.50. The molecule has 4 nitrogen and oxygen atoms in total. The maximum atomic E-state index is 13.4. The van der Waals surface area contributed by atoms with Crippen molar-refractivity contribution in [2.45, 2.75) is 25.8 Å². The molecule has 2 aromatic rings. The average molecular weight is 327 g/mol. The number of amides is 1. The Kier molecular flexibility index (Phi) is 4.34. The van der Waals surface area contributed by atoms with Crippen molar-refractivity contribution in [1.29, 1.82) is 0 Å². The van der Waals surface area contributed by atoms with Gasteiger partial charge in [0.05, 0.1) is 11.5 Å². The summed E-state index contributed by atoms with van der Waals surface area (Å²) in [6, 6.07) is 11.1. The highest BCUT2D eigenvalue weighted by molar-refractivity contribution is 5.88. The summed E-state index contributed by atoms with van der Waals surface area (Å²) in [5.74, 6) is -1.85. The van der Waals surface area contributed by atoms with E-state index >= 15 is 0 Å². The fraction of sp³-hybridized carbons (Fsp3) is 0.263. The van der Waals surface area contributed by atoms with E-state index in [9.17, 15) is 14.0 Å². The average Bonchev–Trinajstić information content (AvgIpc) is 2.59. The van der Waals surface area contributed by atoms with Crippen molar-refractivity contribution in [2.75, 3.05) is 6.54 Å². The summed E-state index contributed by atoms with van der Waals surface area (Å²) in [4.78, 5) is 25.5. The molecule has 1 N–H and O–H groups in total. The number of carboxylic acid groups (broad SMARTS) is 1. The van der Waals surface area contributed by atoms with E-state index in [0.29, 0.717) is 25.1 Å². The molecular weight excluding hydrogens is 309 g/mol. The highest BCUT2D eigenvalue weighted by Crippen LogP contribution is 2.25. The molecule has 24 heavy (non-hydrogen) atoms. The summed E-state index contributed by atoms with van der Waals surface area (Å²) < 4.78 is 13.4. The van der Waals surface area contributed by atoms with Gasteiger partial charge in [0.1, 0.15) is 5.82 Å². The van der Waals surface area contributed by atoms with Crippen molar-refractivity contribution in [3.8, 4) is 0 Å². The lowest BCUT2D eigenvalue weighted by atomic mass is 9.94. The lowest BCUT2D eigenvalue weighted by Crippen LogP contribution is -2.38. The van der Waals surface area contributed by atoms with Gasteiger partial charge in [-0.25, -0.2) is 9.18 Å². The van der Waals surface area contributed by atoms with Crippen molar-refractivity contribution in [2.24, 2.45) is 0 Å². The van der Waals surface area contributed by atoms with Crippen LogP contribution in [0.25, 0.3) is 0 Å². The Morgan fingerprint density at radius 2 is 1.96 bits per heavy atom. The molecule has 1 aliphatic heterocycles. The molecule has 1 unspecified atom stereocenters. The standard InChI is InChI=1S/C19H18FNO3/c1-12(14-3-2-4-17(20)10-14)18(22)21-8-7-13-5-6-15(19(23)24)9-16(13)11-21/h2-6,9-10,12H,7-8,11H2,1H3,(H,23,24). The zero-order valence-electron chi connectivity index (χ0n) is 13.3. The maximum absolute atomic E-state index is 13.4. The van der Waals surface area contributed by atoms with E-state index in [2.05, 4.69) is 0 Å². The van der Waals surface area contributed by atoms with Crippen molar-refractivity contribution in [3.05, 3.63) is 70.5 Å². The molecule has 0 fully saturated rings. The number of fused-ring (bicyclic) bond motifs is 1. The van der Waals surface area contributed by atoms with Gasteiger partial charge in [0.15, 0.2) is 0 Å². The minimum absolute atomic E-state index is 0.0769. The Balaban J connectivity index is 1.80. The van der Waals surface area contributed by atoms with Crippen LogP contribution in [0.3, 0.4) is 0 Å². The first-order valence-corrected chi connectivity index (χ1v) is 7.85. The molecule has 2 aromatic carbocycles. The van der Waals surface area contributed by atoms with Crippen LogP contribution in [0.2, 0.25) is 0 Å². The molecule has 0 aromatic heterocycles. The van der Waals surface area contributed by atoms with Crippen LogP contribution in [0, 0.1) is 5.82 Å². The highest BCUT2D eigenvalue weighted by atomic mass is 19.1. The number of carboxylic acids is 1. The number of halogens is 1. The number of hydrogen-bond donors (Lipinski definition) is 1. The van der Waals surface area contributed by atoms with Gasteiger partial charge in [0.2, 0.25) is 5.91 Å². The second kappa shape index (κ2) is 6.43. The zero-order chi connectivity index (χ0) is 17.3. The molecule has 3 rings (SSSR count). The number of carbonyl (C=O) groups excluding carboxylic acids is 1. The number of hydrogen-bond acceptors (Lipinski definition) is 2. The van der Waals surface area contributed by atoms with Crippen LogP contribution in [0.15, 0.2) is 42.5 Å². The first kappa shape index (κ1) is 16.2. The molecule has 5 heteroatoms. The molecular formula is C19H18FNO3. The van der Waals surface area contributed by atoms with E-state index in [4.69, 9.17) is 5.11 Å². The van der Waals surface area contributed by atoms with E-state index < -0.39 is 11.9 Å². The summed E-state index contributed by atoms with van der Waals surface area (Å²) in [6.45, 7) is 2.73. The number of nitrogens with zero attached hydrogens (tertiary/aromatic N) is 1. The van der Waals surface area contributed by atoms with Crippen LogP contribution in [-0.2, 0) is 17.8 Å². The van der Waals surface area contributed by atoms with Crippen LogP contribution in [0.5, 0.6) is 0 Å². The van der Waals surface area contributed by atoms with Crippen LogP contribution in [-0.4, -0.2) is 28.4 Å². The summed E-state index contributed by atoms with van der Waals surface area (Å²) in [5.41, 5.74) is 2.80. The van der Waals surface area contributed by atoms with Gasteiger partial charge in [0.25, 0.3) is 0 Å². The van der Waals surface area contributed by atoms with Gasteiger partial charge in [-0.1, -0.05) is 18.2 Å². The Hall–Kier alpha value is -2.69. The first-order chi connectivity index (χ1) is 11.5. The van der Waals surface area contributed by atoms with Gasteiger partial charge >= 0.3 is 5.97 Å². The summed E-state index contributed by atoms with van der Waals surface area (Å²) in [6.07, 6.45) is 0.691. The summed E-state index contributed by atoms with van der Waals surface area (Å²) >= 11 is 0. The molecule has 1 atom stereocenters. The van der Waals surface area contributed by atoms with E-state index in [0.717, 1.165) is 11.1 Å². The largest absolute Gasteiger partial charge is 0.478 e. The summed E-state index contributed by atoms with van der Waals surface area (Å²) in [7, 11) is 0. The maximum Gasteiger partial charge on any atom is 0.335 e. The third kappa shape index (κ3) is 3.15. The number of carbonyl (C=O) groups is 2. The van der Waals surface area contributed by atoms with Crippen molar-refractivity contribution in [3.63, 3.8) is 0 Å². The quantitative estimate of drug-likeness (QED) is 0.942. The van der Waals surface area contributed by atoms with Crippen molar-refractivity contribution >= 4 is 11.9 Å². The van der Waals surface area contributed by atoms with Gasteiger partial charge in [-0.15, -0.1) is 0 Å². The van der Waals surface area contributed by atoms with Crippen molar-refractivity contribution in [1.82, 2.24) is 4.90 Å².